The highest BCUT2D eigenvalue weighted by Crippen LogP contribution is 1.94. The number of alkyl halides is 2. The van der Waals surface area contributed by atoms with Crippen molar-refractivity contribution >= 4 is 19.2 Å². The third-order valence-electron chi connectivity index (χ3n) is 1.61. The van der Waals surface area contributed by atoms with Crippen LogP contribution in [-0.4, -0.2) is 25.2 Å². The lowest BCUT2D eigenvalue weighted by Gasteiger charge is -2.03. The molecule has 0 saturated heterocycles. The lowest BCUT2D eigenvalue weighted by molar-refractivity contribution is -0.131. The first-order chi connectivity index (χ1) is 6.59. The summed E-state index contributed by atoms with van der Waals surface area (Å²) < 4.78 is 23.6. The summed E-state index contributed by atoms with van der Waals surface area (Å²) in [5.41, 5.74) is 1.54. The van der Waals surface area contributed by atoms with E-state index in [-0.39, 0.29) is 6.54 Å². The summed E-state index contributed by atoms with van der Waals surface area (Å²) in [7, 11) is 1.86. The van der Waals surface area contributed by atoms with Gasteiger partial charge in [-0.05, 0) is 6.07 Å². The van der Waals surface area contributed by atoms with E-state index in [4.69, 9.17) is 0 Å². The summed E-state index contributed by atoms with van der Waals surface area (Å²) in [5.74, 6) is -1.27. The summed E-state index contributed by atoms with van der Waals surface area (Å²) in [6.45, 7) is 0.0326. The van der Waals surface area contributed by atoms with Crippen LogP contribution in [-0.2, 0) is 11.3 Å². The summed E-state index contributed by atoms with van der Waals surface area (Å²) in [6.07, 6.45) is -1.40. The van der Waals surface area contributed by atoms with E-state index in [1.807, 2.05) is 7.85 Å². The van der Waals surface area contributed by atoms with Crippen LogP contribution in [0.15, 0.2) is 18.3 Å². The smallest absolute Gasteiger partial charge is 0.315 e. The van der Waals surface area contributed by atoms with Gasteiger partial charge in [0.25, 0.3) is 5.91 Å². The van der Waals surface area contributed by atoms with E-state index < -0.39 is 12.3 Å². The molecule has 0 aliphatic rings. The van der Waals surface area contributed by atoms with Crippen molar-refractivity contribution in [3.8, 4) is 0 Å². The van der Waals surface area contributed by atoms with E-state index in [0.29, 0.717) is 5.69 Å². The van der Waals surface area contributed by atoms with Gasteiger partial charge in [-0.3, -0.25) is 9.78 Å². The number of aromatic nitrogens is 1. The number of halogens is 2. The molecule has 74 valence electrons. The summed E-state index contributed by atoms with van der Waals surface area (Å²) in [5, 5.41) is 2.07. The highest BCUT2D eigenvalue weighted by molar-refractivity contribution is 6.32. The maximum atomic E-state index is 11.8. The molecule has 1 heterocycles. The minimum Gasteiger partial charge on any atom is -0.345 e. The van der Waals surface area contributed by atoms with Crippen LogP contribution in [0, 0.1) is 0 Å². The summed E-state index contributed by atoms with van der Waals surface area (Å²) in [6, 6.07) is 3.52. The van der Waals surface area contributed by atoms with Crippen molar-refractivity contribution in [2.24, 2.45) is 0 Å². The quantitative estimate of drug-likeness (QED) is 0.647. The Morgan fingerprint density at radius 1 is 1.64 bits per heavy atom. The first-order valence-electron chi connectivity index (χ1n) is 4.07. The Balaban J connectivity index is 2.50. The van der Waals surface area contributed by atoms with E-state index in [2.05, 4.69) is 10.3 Å². The van der Waals surface area contributed by atoms with Gasteiger partial charge in [-0.1, -0.05) is 11.5 Å². The Bertz CT molecular complexity index is 333. The number of pyridine rings is 1. The molecule has 0 aliphatic carbocycles. The van der Waals surface area contributed by atoms with Gasteiger partial charge in [0.05, 0.1) is 12.2 Å². The van der Waals surface area contributed by atoms with Gasteiger partial charge in [0, 0.05) is 6.20 Å². The molecule has 1 rings (SSSR count). The number of amides is 1. The molecule has 1 aromatic heterocycles. The third-order valence-corrected chi connectivity index (χ3v) is 1.61. The summed E-state index contributed by atoms with van der Waals surface area (Å²) >= 11 is 0. The second-order valence-electron chi connectivity index (χ2n) is 2.84. The molecule has 0 aromatic carbocycles. The molecular formula is C8H9BF2N2O. The van der Waals surface area contributed by atoms with Crippen molar-refractivity contribution in [3.05, 3.63) is 24.0 Å². The van der Waals surface area contributed by atoms with Crippen molar-refractivity contribution in [2.75, 3.05) is 0 Å². The van der Waals surface area contributed by atoms with Gasteiger partial charge in [0.15, 0.2) is 0 Å². The molecule has 0 bridgehead atoms. The van der Waals surface area contributed by atoms with Crippen LogP contribution in [0.5, 0.6) is 0 Å². The topological polar surface area (TPSA) is 42.0 Å². The van der Waals surface area contributed by atoms with Crippen LogP contribution in [0.3, 0.4) is 0 Å². The molecule has 6 heteroatoms. The molecular weight excluding hydrogens is 189 g/mol. The number of carbonyl (C=O) groups is 1. The summed E-state index contributed by atoms with van der Waals surface area (Å²) in [4.78, 5) is 14.4. The fourth-order valence-corrected chi connectivity index (χ4v) is 0.950. The molecule has 0 spiro atoms. The molecule has 3 nitrogen and oxygen atoms in total. The average molecular weight is 198 g/mol. The van der Waals surface area contributed by atoms with E-state index in [1.54, 1.807) is 18.3 Å². The molecule has 1 amide bonds. The Hall–Kier alpha value is -1.46. The molecule has 0 fully saturated rings. The van der Waals surface area contributed by atoms with Crippen LogP contribution in [0.4, 0.5) is 8.78 Å². The second-order valence-corrected chi connectivity index (χ2v) is 2.84. The van der Waals surface area contributed by atoms with Crippen LogP contribution in [0.2, 0.25) is 0 Å². The maximum Gasteiger partial charge on any atom is 0.315 e. The Kier molecular flexibility index (Phi) is 3.56. The largest absolute Gasteiger partial charge is 0.345 e. The SMILES string of the molecule is Bc1ccnc(CNC(=O)C(F)F)c1. The highest BCUT2D eigenvalue weighted by atomic mass is 19.3. The first kappa shape index (κ1) is 10.6. The minimum absolute atomic E-state index is 0.0326. The molecule has 1 aromatic rings. The van der Waals surface area contributed by atoms with Crippen molar-refractivity contribution in [1.82, 2.24) is 10.3 Å². The van der Waals surface area contributed by atoms with E-state index in [0.717, 1.165) is 5.46 Å². The van der Waals surface area contributed by atoms with Crippen LogP contribution in [0.25, 0.3) is 0 Å². The maximum absolute atomic E-state index is 11.8. The fourth-order valence-electron chi connectivity index (χ4n) is 0.950. The van der Waals surface area contributed by atoms with Gasteiger partial charge in [0.2, 0.25) is 0 Å². The van der Waals surface area contributed by atoms with Crippen molar-refractivity contribution in [3.63, 3.8) is 0 Å². The molecule has 0 saturated carbocycles. The number of carbonyl (C=O) groups excluding carboxylic acids is 1. The normalized spacial score (nSPS) is 10.2. The van der Waals surface area contributed by atoms with Crippen molar-refractivity contribution < 1.29 is 13.6 Å². The third kappa shape index (κ3) is 3.12. The van der Waals surface area contributed by atoms with E-state index >= 15 is 0 Å². The zero-order chi connectivity index (χ0) is 10.6. The van der Waals surface area contributed by atoms with Gasteiger partial charge in [-0.2, -0.15) is 8.78 Å². The Labute approximate surface area is 80.9 Å². The molecule has 0 atom stereocenters. The van der Waals surface area contributed by atoms with Crippen LogP contribution < -0.4 is 10.8 Å². The first-order valence-corrected chi connectivity index (χ1v) is 4.07. The van der Waals surface area contributed by atoms with Crippen molar-refractivity contribution in [2.45, 2.75) is 13.0 Å². The predicted molar refractivity (Wildman–Crippen MR) is 50.3 cm³/mol. The molecule has 1 N–H and O–H groups in total. The number of rotatable bonds is 3. The fraction of sp³-hybridized carbons (Fsp3) is 0.250. The second kappa shape index (κ2) is 4.69. The number of hydrogen-bond acceptors (Lipinski definition) is 2. The van der Waals surface area contributed by atoms with Crippen LogP contribution in [0.1, 0.15) is 5.69 Å². The zero-order valence-corrected chi connectivity index (χ0v) is 7.63. The number of hydrogen-bond donors (Lipinski definition) is 1. The Morgan fingerprint density at radius 3 is 2.93 bits per heavy atom. The van der Waals surface area contributed by atoms with Gasteiger partial charge in [-0.25, -0.2) is 0 Å². The van der Waals surface area contributed by atoms with E-state index in [1.165, 1.54) is 0 Å². The standard InChI is InChI=1S/C8H9BF2N2O/c9-5-1-2-12-6(3-5)4-13-8(14)7(10)11/h1-3,7H,4,9H2,(H,13,14). The number of nitrogens with one attached hydrogen (secondary N) is 1. The van der Waals surface area contributed by atoms with Crippen LogP contribution >= 0.6 is 0 Å². The highest BCUT2D eigenvalue weighted by Gasteiger charge is 2.13. The van der Waals surface area contributed by atoms with Crippen molar-refractivity contribution in [1.29, 1.82) is 0 Å². The zero-order valence-electron chi connectivity index (χ0n) is 7.63. The molecule has 0 aliphatic heterocycles. The number of nitrogens with zero attached hydrogens (tertiary/aromatic N) is 1. The molecule has 14 heavy (non-hydrogen) atoms. The Morgan fingerprint density at radius 2 is 2.36 bits per heavy atom. The average Bonchev–Trinajstić information content (AvgIpc) is 2.14. The van der Waals surface area contributed by atoms with Gasteiger partial charge in [-0.15, -0.1) is 0 Å². The molecule has 0 unspecified atom stereocenters. The van der Waals surface area contributed by atoms with Gasteiger partial charge < -0.3 is 5.32 Å². The minimum atomic E-state index is -2.97. The molecule has 0 radical (unpaired) electrons. The van der Waals surface area contributed by atoms with E-state index in [9.17, 15) is 13.6 Å². The van der Waals surface area contributed by atoms with Gasteiger partial charge >= 0.3 is 6.43 Å². The predicted octanol–water partition coefficient (Wildman–Crippen LogP) is -0.779. The lowest BCUT2D eigenvalue weighted by Crippen LogP contribution is -2.29. The lowest BCUT2D eigenvalue weighted by atomic mass is 9.97. The monoisotopic (exact) mass is 198 g/mol. The van der Waals surface area contributed by atoms with Gasteiger partial charge in [0.1, 0.15) is 7.85 Å².